The Morgan fingerprint density at radius 3 is 2.46 bits per heavy atom. The molecule has 1 aromatic heterocycles. The van der Waals surface area contributed by atoms with E-state index in [0.717, 1.165) is 12.3 Å². The molecule has 9 heteroatoms. The third-order valence-corrected chi connectivity index (χ3v) is 6.19. The standard InChI is InChI=1S/C17H22F3IN2O3/c1-16(2,10-21)26-15(25)23-7-5-11(6-8-23)14(24)12-3-4-13(22-9-12)17(18,19)20/h3-4,9,11,14,24H,5-8,10H2,1-2H3. The van der Waals surface area contributed by atoms with Gasteiger partial charge >= 0.3 is 12.3 Å². The lowest BCUT2D eigenvalue weighted by molar-refractivity contribution is -0.141. The van der Waals surface area contributed by atoms with E-state index in [1.807, 2.05) is 13.8 Å². The van der Waals surface area contributed by atoms with Crippen LogP contribution in [0.2, 0.25) is 0 Å². The van der Waals surface area contributed by atoms with Crippen LogP contribution in [0.25, 0.3) is 0 Å². The molecule has 0 saturated carbocycles. The predicted molar refractivity (Wildman–Crippen MR) is 97.9 cm³/mol. The van der Waals surface area contributed by atoms with E-state index < -0.39 is 23.6 Å². The van der Waals surface area contributed by atoms with E-state index in [1.165, 1.54) is 6.07 Å². The van der Waals surface area contributed by atoms with Crippen LogP contribution in [0.3, 0.4) is 0 Å². The first kappa shape index (κ1) is 21.2. The van der Waals surface area contributed by atoms with Gasteiger partial charge in [-0.25, -0.2) is 4.79 Å². The number of nitrogens with zero attached hydrogens (tertiary/aromatic N) is 2. The first-order chi connectivity index (χ1) is 12.0. The summed E-state index contributed by atoms with van der Waals surface area (Å²) in [6.07, 6.45) is -3.63. The average molecular weight is 486 g/mol. The number of ether oxygens (including phenoxy) is 1. The summed E-state index contributed by atoms with van der Waals surface area (Å²) in [6, 6.07) is 2.13. The van der Waals surface area contributed by atoms with Crippen molar-refractivity contribution in [3.05, 3.63) is 29.6 Å². The van der Waals surface area contributed by atoms with Crippen LogP contribution in [0.5, 0.6) is 0 Å². The van der Waals surface area contributed by atoms with Crippen LogP contribution in [0.4, 0.5) is 18.0 Å². The summed E-state index contributed by atoms with van der Waals surface area (Å²) in [7, 11) is 0. The summed E-state index contributed by atoms with van der Waals surface area (Å²) in [4.78, 5) is 17.2. The number of rotatable bonds is 4. The first-order valence-corrected chi connectivity index (χ1v) is 9.81. The number of aliphatic hydroxyl groups is 1. The number of likely N-dealkylation sites (tertiary alicyclic amines) is 1. The molecule has 146 valence electrons. The van der Waals surface area contributed by atoms with E-state index >= 15 is 0 Å². The van der Waals surface area contributed by atoms with Gasteiger partial charge in [0.2, 0.25) is 0 Å². The molecule has 2 heterocycles. The lowest BCUT2D eigenvalue weighted by Gasteiger charge is -2.35. The fraction of sp³-hybridized carbons (Fsp3) is 0.647. The van der Waals surface area contributed by atoms with Crippen molar-refractivity contribution in [2.75, 3.05) is 17.5 Å². The van der Waals surface area contributed by atoms with Crippen molar-refractivity contribution in [1.82, 2.24) is 9.88 Å². The normalized spacial score (nSPS) is 17.9. The zero-order valence-corrected chi connectivity index (χ0v) is 16.7. The number of piperidine rings is 1. The van der Waals surface area contributed by atoms with Crippen molar-refractivity contribution >= 4 is 28.7 Å². The molecule has 1 aromatic rings. The van der Waals surface area contributed by atoms with E-state index in [4.69, 9.17) is 4.74 Å². The van der Waals surface area contributed by atoms with E-state index in [1.54, 1.807) is 4.90 Å². The molecule has 0 bridgehead atoms. The Morgan fingerprint density at radius 2 is 2.00 bits per heavy atom. The topological polar surface area (TPSA) is 62.7 Å². The molecular weight excluding hydrogens is 464 g/mol. The number of carbonyl (C=O) groups excluding carboxylic acids is 1. The summed E-state index contributed by atoms with van der Waals surface area (Å²) in [5.41, 5.74) is -1.17. The summed E-state index contributed by atoms with van der Waals surface area (Å²) >= 11 is 2.15. The van der Waals surface area contributed by atoms with Crippen LogP contribution >= 0.6 is 22.6 Å². The van der Waals surface area contributed by atoms with Gasteiger partial charge in [0, 0.05) is 23.7 Å². The zero-order chi connectivity index (χ0) is 19.5. The first-order valence-electron chi connectivity index (χ1n) is 8.28. The quantitative estimate of drug-likeness (QED) is 0.512. The molecule has 1 aliphatic rings. The molecule has 1 N–H and O–H groups in total. The van der Waals surface area contributed by atoms with Crippen LogP contribution in [-0.4, -0.2) is 44.2 Å². The summed E-state index contributed by atoms with van der Waals surface area (Å²) < 4.78 is 43.8. The maximum absolute atomic E-state index is 12.6. The number of carbonyl (C=O) groups is 1. The fourth-order valence-corrected chi connectivity index (χ4v) is 2.90. The third kappa shape index (κ3) is 5.45. The molecule has 1 atom stereocenters. The molecule has 26 heavy (non-hydrogen) atoms. The van der Waals surface area contributed by atoms with Crippen molar-refractivity contribution in [1.29, 1.82) is 0 Å². The molecule has 1 fully saturated rings. The minimum Gasteiger partial charge on any atom is -0.443 e. The van der Waals surface area contributed by atoms with Gasteiger partial charge in [-0.2, -0.15) is 13.2 Å². The van der Waals surface area contributed by atoms with Gasteiger partial charge in [0.05, 0.1) is 6.10 Å². The van der Waals surface area contributed by atoms with E-state index in [9.17, 15) is 23.1 Å². The highest BCUT2D eigenvalue weighted by Gasteiger charge is 2.34. The highest BCUT2D eigenvalue weighted by Crippen LogP contribution is 2.33. The van der Waals surface area contributed by atoms with E-state index in [-0.39, 0.29) is 12.0 Å². The Hall–Kier alpha value is -1.10. The number of pyridine rings is 1. The highest BCUT2D eigenvalue weighted by atomic mass is 127. The predicted octanol–water partition coefficient (Wildman–Crippen LogP) is 4.20. The minimum absolute atomic E-state index is 0.143. The maximum Gasteiger partial charge on any atom is 0.433 e. The van der Waals surface area contributed by atoms with Crippen molar-refractivity contribution in [2.45, 2.75) is 44.6 Å². The molecule has 1 unspecified atom stereocenters. The van der Waals surface area contributed by atoms with Crippen LogP contribution in [0, 0.1) is 5.92 Å². The average Bonchev–Trinajstić information content (AvgIpc) is 2.60. The SMILES string of the molecule is CC(C)(CI)OC(=O)N1CCC(C(O)c2ccc(C(F)(F)F)nc2)CC1. The molecular formula is C17H22F3IN2O3. The van der Waals surface area contributed by atoms with Crippen molar-refractivity contribution in [3.8, 4) is 0 Å². The van der Waals surface area contributed by atoms with Gasteiger partial charge in [-0.1, -0.05) is 28.7 Å². The smallest absolute Gasteiger partial charge is 0.433 e. The number of hydrogen-bond acceptors (Lipinski definition) is 4. The maximum atomic E-state index is 12.6. The van der Waals surface area contributed by atoms with Gasteiger partial charge in [0.15, 0.2) is 0 Å². The molecule has 1 amide bonds. The number of aromatic nitrogens is 1. The number of hydrogen-bond donors (Lipinski definition) is 1. The number of aliphatic hydroxyl groups excluding tert-OH is 1. The van der Waals surface area contributed by atoms with Crippen LogP contribution in [-0.2, 0) is 10.9 Å². The highest BCUT2D eigenvalue weighted by molar-refractivity contribution is 14.1. The number of halogens is 4. The van der Waals surface area contributed by atoms with Crippen molar-refractivity contribution in [3.63, 3.8) is 0 Å². The van der Waals surface area contributed by atoms with E-state index in [2.05, 4.69) is 27.6 Å². The molecule has 1 aliphatic heterocycles. The van der Waals surface area contributed by atoms with Crippen LogP contribution in [0.15, 0.2) is 18.3 Å². The van der Waals surface area contributed by atoms with E-state index in [0.29, 0.717) is 35.9 Å². The van der Waals surface area contributed by atoms with Crippen LogP contribution < -0.4 is 0 Å². The molecule has 0 aromatic carbocycles. The Labute approximate surface area is 164 Å². The Morgan fingerprint density at radius 1 is 1.38 bits per heavy atom. The Kier molecular flexibility index (Phi) is 6.75. The van der Waals surface area contributed by atoms with Gasteiger partial charge in [0.25, 0.3) is 0 Å². The molecule has 0 aliphatic carbocycles. The second kappa shape index (κ2) is 8.28. The summed E-state index contributed by atoms with van der Waals surface area (Å²) in [6.45, 7) is 4.55. The summed E-state index contributed by atoms with van der Waals surface area (Å²) in [5, 5.41) is 10.4. The summed E-state index contributed by atoms with van der Waals surface area (Å²) in [5.74, 6) is -0.143. The number of amides is 1. The monoisotopic (exact) mass is 486 g/mol. The second-order valence-corrected chi connectivity index (χ2v) is 7.77. The van der Waals surface area contributed by atoms with Gasteiger partial charge in [-0.3, -0.25) is 4.98 Å². The fourth-order valence-electron chi connectivity index (χ4n) is 2.75. The molecule has 5 nitrogen and oxygen atoms in total. The largest absolute Gasteiger partial charge is 0.443 e. The third-order valence-electron chi connectivity index (χ3n) is 4.35. The molecule has 0 radical (unpaired) electrons. The van der Waals surface area contributed by atoms with Gasteiger partial charge in [-0.15, -0.1) is 0 Å². The zero-order valence-electron chi connectivity index (χ0n) is 14.6. The van der Waals surface area contributed by atoms with Crippen molar-refractivity contribution < 1.29 is 27.8 Å². The van der Waals surface area contributed by atoms with Gasteiger partial charge < -0.3 is 14.7 Å². The Balaban J connectivity index is 1.92. The molecule has 1 saturated heterocycles. The second-order valence-electron chi connectivity index (χ2n) is 7.01. The van der Waals surface area contributed by atoms with Crippen LogP contribution in [0.1, 0.15) is 44.1 Å². The molecule has 0 spiro atoms. The Bertz CT molecular complexity index is 615. The lowest BCUT2D eigenvalue weighted by atomic mass is 9.88. The van der Waals surface area contributed by atoms with Crippen molar-refractivity contribution in [2.24, 2.45) is 5.92 Å². The minimum atomic E-state index is -4.50. The number of alkyl halides is 4. The molecule has 2 rings (SSSR count). The van der Waals surface area contributed by atoms with Gasteiger partial charge in [-0.05, 0) is 44.2 Å². The van der Waals surface area contributed by atoms with Gasteiger partial charge in [0.1, 0.15) is 11.3 Å². The lowest BCUT2D eigenvalue weighted by Crippen LogP contribution is -2.43.